The number of aryl methyl sites for hydroxylation is 3. The molecule has 0 aromatic heterocycles. The smallest absolute Gasteiger partial charge is 0.282 e. The summed E-state index contributed by atoms with van der Waals surface area (Å²) in [4.78, 5) is 28.5. The van der Waals surface area contributed by atoms with Gasteiger partial charge >= 0.3 is 0 Å². The third-order valence-electron chi connectivity index (χ3n) is 5.73. The second-order valence-electron chi connectivity index (χ2n) is 8.60. The van der Waals surface area contributed by atoms with Crippen molar-refractivity contribution in [2.24, 2.45) is 0 Å². The van der Waals surface area contributed by atoms with E-state index in [1.165, 1.54) is 4.90 Å². The van der Waals surface area contributed by atoms with Gasteiger partial charge in [0.2, 0.25) is 0 Å². The number of para-hydroxylation sites is 1. The molecule has 2 amide bonds. The highest BCUT2D eigenvalue weighted by Crippen LogP contribution is 2.35. The Hall–Kier alpha value is -3.86. The van der Waals surface area contributed by atoms with E-state index in [-0.39, 0.29) is 23.6 Å². The maximum Gasteiger partial charge on any atom is 0.282 e. The van der Waals surface area contributed by atoms with Gasteiger partial charge in [-0.15, -0.1) is 0 Å². The fourth-order valence-electron chi connectivity index (χ4n) is 3.88. The van der Waals surface area contributed by atoms with E-state index in [0.29, 0.717) is 16.9 Å². The predicted molar refractivity (Wildman–Crippen MR) is 132 cm³/mol. The molecule has 0 radical (unpaired) electrons. The molecule has 1 heterocycles. The Labute approximate surface area is 194 Å². The number of amides is 2. The number of nitrogens with one attached hydrogen (secondary N) is 1. The van der Waals surface area contributed by atoms with Crippen molar-refractivity contribution in [2.75, 3.05) is 10.2 Å². The van der Waals surface area contributed by atoms with Crippen LogP contribution in [-0.2, 0) is 9.59 Å². The molecule has 0 aliphatic carbocycles. The number of benzene rings is 3. The molecule has 0 saturated carbocycles. The molecule has 1 aliphatic rings. The Morgan fingerprint density at radius 3 is 2.12 bits per heavy atom. The van der Waals surface area contributed by atoms with Gasteiger partial charge in [-0.1, -0.05) is 36.4 Å². The van der Waals surface area contributed by atoms with E-state index in [0.717, 1.165) is 28.0 Å². The number of carbonyl (C=O) groups excluding carboxylic acids is 2. The second-order valence-corrected chi connectivity index (χ2v) is 8.60. The fraction of sp³-hybridized carbons (Fsp3) is 0.214. The lowest BCUT2D eigenvalue weighted by atomic mass is 9.99. The van der Waals surface area contributed by atoms with E-state index in [2.05, 4.69) is 5.32 Å². The molecule has 0 unspecified atom stereocenters. The number of carbonyl (C=O) groups is 2. The topological polar surface area (TPSA) is 58.6 Å². The van der Waals surface area contributed by atoms with E-state index in [4.69, 9.17) is 4.74 Å². The van der Waals surface area contributed by atoms with Crippen molar-refractivity contribution >= 4 is 28.8 Å². The first kappa shape index (κ1) is 22.3. The minimum Gasteiger partial charge on any atom is -0.491 e. The van der Waals surface area contributed by atoms with Crippen LogP contribution in [0.2, 0.25) is 0 Å². The van der Waals surface area contributed by atoms with Gasteiger partial charge in [-0.3, -0.25) is 9.59 Å². The Balaban J connectivity index is 1.78. The van der Waals surface area contributed by atoms with Gasteiger partial charge in [0.15, 0.2) is 0 Å². The SMILES string of the molecule is Cc1ccc(C2=C(Nc3ccc(OC(C)C)cc3)C(=O)N(c3ccccc3C)C2=O)cc1C. The van der Waals surface area contributed by atoms with Gasteiger partial charge < -0.3 is 10.1 Å². The van der Waals surface area contributed by atoms with E-state index in [1.807, 2.05) is 95.3 Å². The number of anilines is 2. The second kappa shape index (κ2) is 8.94. The lowest BCUT2D eigenvalue weighted by Crippen LogP contribution is -2.33. The van der Waals surface area contributed by atoms with Crippen LogP contribution in [0.3, 0.4) is 0 Å². The number of rotatable bonds is 6. The molecule has 3 aromatic carbocycles. The minimum absolute atomic E-state index is 0.0691. The normalized spacial score (nSPS) is 13.8. The zero-order valence-corrected chi connectivity index (χ0v) is 19.6. The van der Waals surface area contributed by atoms with Crippen LogP contribution >= 0.6 is 0 Å². The minimum atomic E-state index is -0.370. The van der Waals surface area contributed by atoms with Gasteiger partial charge in [0.05, 0.1) is 17.4 Å². The molecule has 4 rings (SSSR count). The van der Waals surface area contributed by atoms with Crippen LogP contribution in [0.4, 0.5) is 11.4 Å². The molecule has 3 aromatic rings. The number of hydrogen-bond acceptors (Lipinski definition) is 4. The lowest BCUT2D eigenvalue weighted by molar-refractivity contribution is -0.120. The summed E-state index contributed by atoms with van der Waals surface area (Å²) < 4.78 is 5.71. The highest BCUT2D eigenvalue weighted by atomic mass is 16.5. The zero-order valence-electron chi connectivity index (χ0n) is 19.6. The Bertz CT molecular complexity index is 1260. The van der Waals surface area contributed by atoms with Gasteiger partial charge in [0.25, 0.3) is 11.8 Å². The largest absolute Gasteiger partial charge is 0.491 e. The molecule has 5 nitrogen and oxygen atoms in total. The number of nitrogens with zero attached hydrogens (tertiary/aromatic N) is 1. The van der Waals surface area contributed by atoms with Crippen LogP contribution in [0, 0.1) is 20.8 Å². The summed E-state index contributed by atoms with van der Waals surface area (Å²) in [6.45, 7) is 9.85. The van der Waals surface area contributed by atoms with Crippen LogP contribution < -0.4 is 15.0 Å². The van der Waals surface area contributed by atoms with Crippen LogP contribution in [0.1, 0.15) is 36.1 Å². The maximum absolute atomic E-state index is 13.6. The van der Waals surface area contributed by atoms with E-state index in [1.54, 1.807) is 6.07 Å². The summed E-state index contributed by atoms with van der Waals surface area (Å²) in [7, 11) is 0. The molecule has 0 atom stereocenters. The van der Waals surface area contributed by atoms with Gasteiger partial charge in [-0.05, 0) is 87.2 Å². The average molecular weight is 441 g/mol. The van der Waals surface area contributed by atoms with Crippen molar-refractivity contribution in [1.29, 1.82) is 0 Å². The molecule has 1 aliphatic heterocycles. The van der Waals surface area contributed by atoms with Crippen LogP contribution in [0.15, 0.2) is 72.4 Å². The molecular formula is C28H28N2O3. The summed E-state index contributed by atoms with van der Waals surface area (Å²) in [6.07, 6.45) is 0.0691. The quantitative estimate of drug-likeness (QED) is 0.493. The van der Waals surface area contributed by atoms with Crippen LogP contribution in [-0.4, -0.2) is 17.9 Å². The van der Waals surface area contributed by atoms with Crippen molar-refractivity contribution in [2.45, 2.75) is 40.7 Å². The summed E-state index contributed by atoms with van der Waals surface area (Å²) >= 11 is 0. The monoisotopic (exact) mass is 440 g/mol. The zero-order chi connectivity index (χ0) is 23.7. The molecule has 0 saturated heterocycles. The molecule has 168 valence electrons. The number of ether oxygens (including phenoxy) is 1. The first-order chi connectivity index (χ1) is 15.8. The first-order valence-electron chi connectivity index (χ1n) is 11.1. The highest BCUT2D eigenvalue weighted by Gasteiger charge is 2.40. The van der Waals surface area contributed by atoms with Crippen molar-refractivity contribution in [3.05, 3.63) is 94.7 Å². The summed E-state index contributed by atoms with van der Waals surface area (Å²) in [5.74, 6) is 0.0409. The Kier molecular flexibility index (Phi) is 6.05. The van der Waals surface area contributed by atoms with Gasteiger partial charge in [0, 0.05) is 5.69 Å². The van der Waals surface area contributed by atoms with Crippen molar-refractivity contribution < 1.29 is 14.3 Å². The van der Waals surface area contributed by atoms with Gasteiger partial charge in [0.1, 0.15) is 11.4 Å². The molecule has 0 fully saturated rings. The van der Waals surface area contributed by atoms with Crippen LogP contribution in [0.25, 0.3) is 5.57 Å². The third-order valence-corrected chi connectivity index (χ3v) is 5.73. The molecule has 33 heavy (non-hydrogen) atoms. The van der Waals surface area contributed by atoms with Crippen molar-refractivity contribution in [3.63, 3.8) is 0 Å². The average Bonchev–Trinajstić information content (AvgIpc) is 3.01. The molecule has 1 N–H and O–H groups in total. The number of hydrogen-bond donors (Lipinski definition) is 1. The van der Waals surface area contributed by atoms with Crippen molar-refractivity contribution in [3.8, 4) is 5.75 Å². The Morgan fingerprint density at radius 2 is 1.48 bits per heavy atom. The molecule has 0 bridgehead atoms. The number of imide groups is 1. The van der Waals surface area contributed by atoms with Crippen molar-refractivity contribution in [1.82, 2.24) is 0 Å². The highest BCUT2D eigenvalue weighted by molar-refractivity contribution is 6.46. The third kappa shape index (κ3) is 4.40. The fourth-order valence-corrected chi connectivity index (χ4v) is 3.88. The summed E-state index contributed by atoms with van der Waals surface area (Å²) in [5, 5.41) is 3.22. The predicted octanol–water partition coefficient (Wildman–Crippen LogP) is 5.80. The molecular weight excluding hydrogens is 412 g/mol. The van der Waals surface area contributed by atoms with Gasteiger partial charge in [-0.25, -0.2) is 4.90 Å². The van der Waals surface area contributed by atoms with Crippen LogP contribution in [0.5, 0.6) is 5.75 Å². The van der Waals surface area contributed by atoms with E-state index < -0.39 is 0 Å². The standard InChI is InChI=1S/C28H28N2O3/c1-17(2)33-23-14-12-22(13-15-23)29-26-25(21-11-10-18(3)20(5)16-21)27(31)30(28(26)32)24-9-7-6-8-19(24)4/h6-17,29H,1-5H3. The van der Waals surface area contributed by atoms with E-state index in [9.17, 15) is 9.59 Å². The molecule has 5 heteroatoms. The first-order valence-corrected chi connectivity index (χ1v) is 11.1. The molecule has 0 spiro atoms. The lowest BCUT2D eigenvalue weighted by Gasteiger charge is -2.17. The maximum atomic E-state index is 13.6. The van der Waals surface area contributed by atoms with E-state index >= 15 is 0 Å². The summed E-state index contributed by atoms with van der Waals surface area (Å²) in [5.41, 5.74) is 5.69. The summed E-state index contributed by atoms with van der Waals surface area (Å²) in [6, 6.07) is 20.6. The van der Waals surface area contributed by atoms with Gasteiger partial charge in [-0.2, -0.15) is 0 Å². The Morgan fingerprint density at radius 1 is 0.788 bits per heavy atom.